The molecule has 0 aromatic rings. The van der Waals surface area contributed by atoms with Crippen molar-refractivity contribution in [3.05, 3.63) is 12.2 Å². The van der Waals surface area contributed by atoms with Crippen LogP contribution in [0.15, 0.2) is 12.2 Å². The molecule has 1 fully saturated rings. The van der Waals surface area contributed by atoms with Crippen LogP contribution in [0.4, 0.5) is 0 Å². The number of hydrogen-bond donors (Lipinski definition) is 1. The van der Waals surface area contributed by atoms with E-state index in [1.807, 2.05) is 6.08 Å². The lowest BCUT2D eigenvalue weighted by atomic mass is 9.82. The predicted octanol–water partition coefficient (Wildman–Crippen LogP) is 0.689. The molecule has 0 aromatic heterocycles. The Labute approximate surface area is 124 Å². The first-order chi connectivity index (χ1) is 9.85. The summed E-state index contributed by atoms with van der Waals surface area (Å²) in [4.78, 5) is 25.5. The van der Waals surface area contributed by atoms with Crippen molar-refractivity contribution in [1.82, 2.24) is 4.90 Å². The first-order valence-corrected chi connectivity index (χ1v) is 9.06. The van der Waals surface area contributed by atoms with Crippen LogP contribution >= 0.6 is 0 Å². The molecular weight excluding hydrogens is 294 g/mol. The summed E-state index contributed by atoms with van der Waals surface area (Å²) in [6.45, 7) is 2.21. The van der Waals surface area contributed by atoms with Gasteiger partial charge in [-0.2, -0.15) is 0 Å². The number of sulfone groups is 1. The van der Waals surface area contributed by atoms with E-state index in [9.17, 15) is 23.1 Å². The molecule has 1 aliphatic heterocycles. The first kappa shape index (κ1) is 16.0. The summed E-state index contributed by atoms with van der Waals surface area (Å²) < 4.78 is 23.2. The number of aliphatic carboxylic acids is 1. The third-order valence-corrected chi connectivity index (χ3v) is 6.09. The standard InChI is InChI=1S/C14H21NO5S/c1-2-15(10-7-8-21(19,20)9-10)13(16)11-5-3-4-6-12(11)14(17)18/h3-4,10-12H,2,5-9H2,1H3,(H,17,18)/t10?,11-,12+/m1/s1. The number of carbonyl (C=O) groups is 2. The highest BCUT2D eigenvalue weighted by molar-refractivity contribution is 7.91. The molecule has 1 aliphatic carbocycles. The molecule has 0 spiro atoms. The van der Waals surface area contributed by atoms with Gasteiger partial charge in [0.25, 0.3) is 0 Å². The molecule has 1 heterocycles. The van der Waals surface area contributed by atoms with Gasteiger partial charge in [0, 0.05) is 12.6 Å². The van der Waals surface area contributed by atoms with Gasteiger partial charge in [-0.15, -0.1) is 0 Å². The van der Waals surface area contributed by atoms with Gasteiger partial charge in [-0.1, -0.05) is 12.2 Å². The highest BCUT2D eigenvalue weighted by atomic mass is 32.2. The molecule has 6 nitrogen and oxygen atoms in total. The molecule has 1 amide bonds. The van der Waals surface area contributed by atoms with Crippen molar-refractivity contribution < 1.29 is 23.1 Å². The Balaban J connectivity index is 2.16. The van der Waals surface area contributed by atoms with Crippen LogP contribution in [0.1, 0.15) is 26.2 Å². The molecule has 2 aliphatic rings. The zero-order valence-electron chi connectivity index (χ0n) is 12.1. The normalized spacial score (nSPS) is 31.0. The van der Waals surface area contributed by atoms with Crippen molar-refractivity contribution in [3.8, 4) is 0 Å². The molecule has 1 saturated heterocycles. The number of carbonyl (C=O) groups excluding carboxylic acids is 1. The fourth-order valence-corrected chi connectivity index (χ4v) is 4.92. The summed E-state index contributed by atoms with van der Waals surface area (Å²) in [6, 6.07) is -0.312. The van der Waals surface area contributed by atoms with Crippen molar-refractivity contribution in [3.63, 3.8) is 0 Å². The maximum Gasteiger partial charge on any atom is 0.307 e. The first-order valence-electron chi connectivity index (χ1n) is 7.24. The van der Waals surface area contributed by atoms with E-state index in [0.29, 0.717) is 25.8 Å². The molecule has 0 saturated carbocycles. The van der Waals surface area contributed by atoms with Gasteiger partial charge in [-0.25, -0.2) is 8.42 Å². The van der Waals surface area contributed by atoms with Crippen molar-refractivity contribution in [2.24, 2.45) is 11.8 Å². The number of hydrogen-bond acceptors (Lipinski definition) is 4. The largest absolute Gasteiger partial charge is 0.481 e. The second kappa shape index (κ2) is 6.17. The van der Waals surface area contributed by atoms with E-state index in [2.05, 4.69) is 0 Å². The maximum absolute atomic E-state index is 12.7. The summed E-state index contributed by atoms with van der Waals surface area (Å²) in [5.41, 5.74) is 0. The molecular formula is C14H21NO5S. The number of allylic oxidation sites excluding steroid dienone is 2. The van der Waals surface area contributed by atoms with E-state index >= 15 is 0 Å². The summed E-state index contributed by atoms with van der Waals surface area (Å²) in [7, 11) is -3.07. The summed E-state index contributed by atoms with van der Waals surface area (Å²) in [6.07, 6.45) is 4.83. The van der Waals surface area contributed by atoms with Gasteiger partial charge in [0.1, 0.15) is 0 Å². The van der Waals surface area contributed by atoms with E-state index in [1.54, 1.807) is 17.9 Å². The Morgan fingerprint density at radius 2 is 1.86 bits per heavy atom. The Hall–Kier alpha value is -1.37. The smallest absolute Gasteiger partial charge is 0.307 e. The fraction of sp³-hybridized carbons (Fsp3) is 0.714. The van der Waals surface area contributed by atoms with Crippen LogP contribution in [0.25, 0.3) is 0 Å². The summed E-state index contributed by atoms with van der Waals surface area (Å²) in [5, 5.41) is 9.26. The zero-order chi connectivity index (χ0) is 15.6. The molecule has 21 heavy (non-hydrogen) atoms. The van der Waals surface area contributed by atoms with Gasteiger partial charge >= 0.3 is 5.97 Å². The highest BCUT2D eigenvalue weighted by Crippen LogP contribution is 2.29. The molecule has 2 rings (SSSR count). The van der Waals surface area contributed by atoms with E-state index in [4.69, 9.17) is 0 Å². The van der Waals surface area contributed by atoms with Gasteiger partial charge < -0.3 is 10.0 Å². The van der Waals surface area contributed by atoms with E-state index in [1.165, 1.54) is 0 Å². The molecule has 7 heteroatoms. The monoisotopic (exact) mass is 315 g/mol. The molecule has 0 bridgehead atoms. The topological polar surface area (TPSA) is 91.8 Å². The van der Waals surface area contributed by atoms with E-state index in [0.717, 1.165) is 0 Å². The molecule has 118 valence electrons. The number of rotatable bonds is 4. The van der Waals surface area contributed by atoms with Crippen LogP contribution in [-0.2, 0) is 19.4 Å². The second-order valence-electron chi connectivity index (χ2n) is 5.68. The van der Waals surface area contributed by atoms with Gasteiger partial charge in [0.05, 0.1) is 23.3 Å². The third-order valence-electron chi connectivity index (χ3n) is 4.34. The van der Waals surface area contributed by atoms with Crippen LogP contribution in [0.2, 0.25) is 0 Å². The van der Waals surface area contributed by atoms with Gasteiger partial charge in [0.2, 0.25) is 5.91 Å². The Morgan fingerprint density at radius 3 is 2.33 bits per heavy atom. The van der Waals surface area contributed by atoms with Crippen LogP contribution in [-0.4, -0.2) is 54.4 Å². The quantitative estimate of drug-likeness (QED) is 0.771. The van der Waals surface area contributed by atoms with E-state index in [-0.39, 0.29) is 23.5 Å². The minimum Gasteiger partial charge on any atom is -0.481 e. The third kappa shape index (κ3) is 3.45. The molecule has 1 N–H and O–H groups in total. The Morgan fingerprint density at radius 1 is 1.24 bits per heavy atom. The van der Waals surface area contributed by atoms with Crippen LogP contribution in [0.5, 0.6) is 0 Å². The zero-order valence-corrected chi connectivity index (χ0v) is 12.9. The van der Waals surface area contributed by atoms with Gasteiger partial charge in [-0.3, -0.25) is 9.59 Å². The van der Waals surface area contributed by atoms with Crippen molar-refractivity contribution in [1.29, 1.82) is 0 Å². The number of carboxylic acid groups (broad SMARTS) is 1. The lowest BCUT2D eigenvalue weighted by Gasteiger charge is -2.33. The molecule has 3 atom stereocenters. The maximum atomic E-state index is 12.7. The Kier molecular flexibility index (Phi) is 4.70. The van der Waals surface area contributed by atoms with Crippen LogP contribution in [0.3, 0.4) is 0 Å². The van der Waals surface area contributed by atoms with Gasteiger partial charge in [-0.05, 0) is 26.2 Å². The van der Waals surface area contributed by atoms with Crippen LogP contribution in [0, 0.1) is 11.8 Å². The van der Waals surface area contributed by atoms with Crippen molar-refractivity contribution in [2.75, 3.05) is 18.1 Å². The van der Waals surface area contributed by atoms with Crippen molar-refractivity contribution in [2.45, 2.75) is 32.2 Å². The average molecular weight is 315 g/mol. The van der Waals surface area contributed by atoms with Gasteiger partial charge in [0.15, 0.2) is 9.84 Å². The molecule has 0 radical (unpaired) electrons. The molecule has 1 unspecified atom stereocenters. The highest BCUT2D eigenvalue weighted by Gasteiger charge is 2.40. The van der Waals surface area contributed by atoms with E-state index < -0.39 is 27.6 Å². The summed E-state index contributed by atoms with van der Waals surface area (Å²) in [5.74, 6) is -2.39. The predicted molar refractivity (Wildman–Crippen MR) is 77.4 cm³/mol. The second-order valence-corrected chi connectivity index (χ2v) is 7.90. The number of nitrogens with zero attached hydrogens (tertiary/aromatic N) is 1. The average Bonchev–Trinajstić information content (AvgIpc) is 2.79. The minimum atomic E-state index is -3.07. The SMILES string of the molecule is CCN(C(=O)[C@@H]1CC=CC[C@@H]1C(=O)O)C1CCS(=O)(=O)C1. The lowest BCUT2D eigenvalue weighted by Crippen LogP contribution is -2.47. The number of carboxylic acids is 1. The fourth-order valence-electron chi connectivity index (χ4n) is 3.19. The summed E-state index contributed by atoms with van der Waals surface area (Å²) >= 11 is 0. The van der Waals surface area contributed by atoms with Crippen molar-refractivity contribution >= 4 is 21.7 Å². The Bertz CT molecular complexity index is 554. The number of amides is 1. The lowest BCUT2D eigenvalue weighted by molar-refractivity contribution is -0.151. The minimum absolute atomic E-state index is 0.00707. The molecule has 0 aromatic carbocycles. The van der Waals surface area contributed by atoms with Crippen LogP contribution < -0.4 is 0 Å².